The standard InChI is InChI=1S/C27H27BrCl2N2O4S/c1-3-4-5-17-6-8-18(9-7-17)31-37(34,35)26-14-20(23(29)15-24(26)30)27(33)32-13-12-19-21(16-32)22(28)10-11-25(19)36-2/h6-11,14-15,31H,3-5,12-13,16H2,1-2H3. The Morgan fingerprint density at radius 1 is 1.08 bits per heavy atom. The molecule has 0 saturated heterocycles. The van der Waals surface area contributed by atoms with E-state index in [2.05, 4.69) is 27.6 Å². The number of sulfonamides is 1. The fraction of sp³-hybridized carbons (Fsp3) is 0.296. The minimum atomic E-state index is -4.08. The molecule has 196 valence electrons. The maximum atomic E-state index is 13.5. The van der Waals surface area contributed by atoms with Gasteiger partial charge in [-0.3, -0.25) is 9.52 Å². The van der Waals surface area contributed by atoms with Crippen LogP contribution >= 0.6 is 39.1 Å². The number of methoxy groups -OCH3 is 1. The van der Waals surface area contributed by atoms with Crippen LogP contribution in [0.5, 0.6) is 5.75 Å². The van der Waals surface area contributed by atoms with Crippen molar-refractivity contribution in [1.29, 1.82) is 0 Å². The highest BCUT2D eigenvalue weighted by atomic mass is 79.9. The van der Waals surface area contributed by atoms with Crippen LogP contribution in [0.1, 0.15) is 46.8 Å². The van der Waals surface area contributed by atoms with Crippen LogP contribution in [0.25, 0.3) is 0 Å². The zero-order valence-electron chi connectivity index (χ0n) is 20.5. The van der Waals surface area contributed by atoms with Gasteiger partial charge in [-0.25, -0.2) is 8.42 Å². The summed E-state index contributed by atoms with van der Waals surface area (Å²) in [7, 11) is -2.46. The number of amides is 1. The number of fused-ring (bicyclic) bond motifs is 1. The van der Waals surface area contributed by atoms with Gasteiger partial charge in [0, 0.05) is 28.8 Å². The summed E-state index contributed by atoms with van der Waals surface area (Å²) >= 11 is 16.2. The Kier molecular flexibility index (Phi) is 8.74. The molecular formula is C27H27BrCl2N2O4S. The highest BCUT2D eigenvalue weighted by Crippen LogP contribution is 2.36. The molecule has 37 heavy (non-hydrogen) atoms. The van der Waals surface area contributed by atoms with E-state index in [-0.39, 0.29) is 26.4 Å². The molecule has 0 atom stereocenters. The minimum absolute atomic E-state index is 0.0647. The van der Waals surface area contributed by atoms with Gasteiger partial charge in [-0.05, 0) is 66.8 Å². The van der Waals surface area contributed by atoms with Crippen molar-refractivity contribution in [3.05, 3.63) is 85.3 Å². The van der Waals surface area contributed by atoms with Crippen molar-refractivity contribution in [2.24, 2.45) is 0 Å². The molecule has 1 amide bonds. The van der Waals surface area contributed by atoms with Gasteiger partial charge in [0.2, 0.25) is 0 Å². The zero-order chi connectivity index (χ0) is 26.7. The first-order chi connectivity index (χ1) is 17.6. The Morgan fingerprint density at radius 2 is 1.81 bits per heavy atom. The molecule has 0 aromatic heterocycles. The van der Waals surface area contributed by atoms with Crippen LogP contribution in [-0.2, 0) is 29.4 Å². The number of hydrogen-bond acceptors (Lipinski definition) is 4. The average molecular weight is 626 g/mol. The van der Waals surface area contributed by atoms with Crippen LogP contribution in [0.3, 0.4) is 0 Å². The topological polar surface area (TPSA) is 75.7 Å². The maximum absolute atomic E-state index is 13.5. The van der Waals surface area contributed by atoms with Gasteiger partial charge in [0.05, 0.1) is 22.7 Å². The Hall–Kier alpha value is -2.26. The van der Waals surface area contributed by atoms with Crippen LogP contribution in [0.15, 0.2) is 57.9 Å². The molecule has 0 aliphatic carbocycles. The van der Waals surface area contributed by atoms with Crippen LogP contribution in [0.2, 0.25) is 10.0 Å². The maximum Gasteiger partial charge on any atom is 0.263 e. The number of anilines is 1. The summed E-state index contributed by atoms with van der Waals surface area (Å²) in [6.45, 7) is 2.88. The van der Waals surface area contributed by atoms with E-state index >= 15 is 0 Å². The fourth-order valence-electron chi connectivity index (χ4n) is 4.37. The molecule has 0 bridgehead atoms. The molecule has 3 aromatic rings. The van der Waals surface area contributed by atoms with E-state index in [1.54, 1.807) is 24.1 Å². The van der Waals surface area contributed by atoms with Gasteiger partial charge in [0.15, 0.2) is 0 Å². The van der Waals surface area contributed by atoms with E-state index in [1.807, 2.05) is 24.3 Å². The number of nitrogens with zero attached hydrogens (tertiary/aromatic N) is 1. The van der Waals surface area contributed by atoms with Crippen molar-refractivity contribution >= 4 is 60.7 Å². The number of carbonyl (C=O) groups excluding carboxylic acids is 1. The summed E-state index contributed by atoms with van der Waals surface area (Å²) in [5, 5.41) is 0.0230. The molecule has 0 fully saturated rings. The molecule has 3 aromatic carbocycles. The number of benzene rings is 3. The van der Waals surface area contributed by atoms with Gasteiger partial charge in [0.1, 0.15) is 10.6 Å². The Morgan fingerprint density at radius 3 is 2.49 bits per heavy atom. The van der Waals surface area contributed by atoms with Crippen molar-refractivity contribution in [2.45, 2.75) is 44.0 Å². The number of nitrogens with one attached hydrogen (secondary N) is 1. The summed E-state index contributed by atoms with van der Waals surface area (Å²) in [5.41, 5.74) is 3.60. The highest BCUT2D eigenvalue weighted by molar-refractivity contribution is 9.10. The Bertz CT molecular complexity index is 1430. The zero-order valence-corrected chi connectivity index (χ0v) is 24.4. The SMILES string of the molecule is CCCCc1ccc(NS(=O)(=O)c2cc(C(=O)N3CCc4c(OC)ccc(Br)c4C3)c(Cl)cc2Cl)cc1. The molecular weight excluding hydrogens is 599 g/mol. The van der Waals surface area contributed by atoms with Crippen molar-refractivity contribution in [3.8, 4) is 5.75 Å². The molecule has 6 nitrogen and oxygen atoms in total. The van der Waals surface area contributed by atoms with E-state index in [0.29, 0.717) is 25.2 Å². The Labute approximate surface area is 236 Å². The lowest BCUT2D eigenvalue weighted by Crippen LogP contribution is -2.36. The number of hydrogen-bond donors (Lipinski definition) is 1. The molecule has 0 saturated carbocycles. The first-order valence-electron chi connectivity index (χ1n) is 11.9. The third-order valence-corrected chi connectivity index (χ3v) is 9.29. The molecule has 1 heterocycles. The van der Waals surface area contributed by atoms with Crippen molar-refractivity contribution < 1.29 is 17.9 Å². The normalized spacial score (nSPS) is 13.3. The van der Waals surface area contributed by atoms with E-state index in [1.165, 1.54) is 12.1 Å². The molecule has 1 aliphatic rings. The average Bonchev–Trinajstić information content (AvgIpc) is 2.88. The van der Waals surface area contributed by atoms with Crippen LogP contribution < -0.4 is 9.46 Å². The van der Waals surface area contributed by atoms with Gasteiger partial charge in [-0.1, -0.05) is 64.6 Å². The molecule has 0 radical (unpaired) electrons. The van der Waals surface area contributed by atoms with E-state index < -0.39 is 10.0 Å². The lowest BCUT2D eigenvalue weighted by molar-refractivity contribution is 0.0733. The van der Waals surface area contributed by atoms with E-state index in [4.69, 9.17) is 27.9 Å². The lowest BCUT2D eigenvalue weighted by Gasteiger charge is -2.31. The summed E-state index contributed by atoms with van der Waals surface area (Å²) in [4.78, 5) is 14.9. The number of carbonyl (C=O) groups is 1. The summed E-state index contributed by atoms with van der Waals surface area (Å²) < 4.78 is 35.4. The number of ether oxygens (including phenoxy) is 1. The molecule has 0 unspecified atom stereocenters. The smallest absolute Gasteiger partial charge is 0.263 e. The second kappa shape index (κ2) is 11.6. The first-order valence-corrected chi connectivity index (χ1v) is 14.9. The Balaban J connectivity index is 1.60. The van der Waals surface area contributed by atoms with Crippen LogP contribution in [0.4, 0.5) is 5.69 Å². The summed E-state index contributed by atoms with van der Waals surface area (Å²) in [6.07, 6.45) is 3.67. The monoisotopic (exact) mass is 624 g/mol. The summed E-state index contributed by atoms with van der Waals surface area (Å²) in [5.74, 6) is 0.395. The predicted molar refractivity (Wildman–Crippen MR) is 151 cm³/mol. The molecule has 1 aliphatic heterocycles. The third kappa shape index (κ3) is 6.08. The molecule has 4 rings (SSSR count). The number of unbranched alkanes of at least 4 members (excludes halogenated alkanes) is 1. The quantitative estimate of drug-likeness (QED) is 0.290. The van der Waals surface area contributed by atoms with Crippen LogP contribution in [0, 0.1) is 0 Å². The van der Waals surface area contributed by atoms with Gasteiger partial charge in [-0.15, -0.1) is 0 Å². The lowest BCUT2D eigenvalue weighted by atomic mass is 9.98. The van der Waals surface area contributed by atoms with Crippen LogP contribution in [-0.4, -0.2) is 32.9 Å². The second-order valence-corrected chi connectivity index (χ2v) is 12.2. The van der Waals surface area contributed by atoms with E-state index in [0.717, 1.165) is 46.2 Å². The fourth-order valence-corrected chi connectivity index (χ4v) is 6.78. The number of rotatable bonds is 8. The van der Waals surface area contributed by atoms with Gasteiger partial charge in [-0.2, -0.15) is 0 Å². The minimum Gasteiger partial charge on any atom is -0.496 e. The largest absolute Gasteiger partial charge is 0.496 e. The predicted octanol–water partition coefficient (Wildman–Crippen LogP) is 7.11. The summed E-state index contributed by atoms with van der Waals surface area (Å²) in [6, 6.07) is 13.6. The number of halogens is 3. The first kappa shape index (κ1) is 27.8. The van der Waals surface area contributed by atoms with E-state index in [9.17, 15) is 13.2 Å². The second-order valence-electron chi connectivity index (χ2n) is 8.85. The van der Waals surface area contributed by atoms with Crippen molar-refractivity contribution in [1.82, 2.24) is 4.90 Å². The highest BCUT2D eigenvalue weighted by Gasteiger charge is 2.29. The number of aryl methyl sites for hydroxylation is 1. The van der Waals surface area contributed by atoms with Gasteiger partial charge >= 0.3 is 0 Å². The molecule has 10 heteroatoms. The van der Waals surface area contributed by atoms with Crippen molar-refractivity contribution in [2.75, 3.05) is 18.4 Å². The third-order valence-electron chi connectivity index (χ3n) is 6.39. The van der Waals surface area contributed by atoms with Crippen molar-refractivity contribution in [3.63, 3.8) is 0 Å². The van der Waals surface area contributed by atoms with Gasteiger partial charge in [0.25, 0.3) is 15.9 Å². The molecule has 0 spiro atoms. The van der Waals surface area contributed by atoms with Gasteiger partial charge < -0.3 is 9.64 Å². The molecule has 1 N–H and O–H groups in total.